The van der Waals surface area contributed by atoms with Crippen LogP contribution in [0, 0.1) is 17.0 Å². The molecule has 33 heavy (non-hydrogen) atoms. The van der Waals surface area contributed by atoms with Crippen LogP contribution in [0.2, 0.25) is 0 Å². The molecular formula is C24H30N4O5. The maximum absolute atomic E-state index is 12.7. The molecule has 0 radical (unpaired) electrons. The van der Waals surface area contributed by atoms with Gasteiger partial charge in [0.05, 0.1) is 18.6 Å². The number of carbonyl (C=O) groups excluding carboxylic acids is 2. The van der Waals surface area contributed by atoms with Crippen molar-refractivity contribution in [2.45, 2.75) is 26.2 Å². The number of methoxy groups -OCH3 is 1. The van der Waals surface area contributed by atoms with Gasteiger partial charge in [0.25, 0.3) is 5.69 Å². The quantitative estimate of drug-likeness (QED) is 0.486. The molecule has 9 heteroatoms. The molecular weight excluding hydrogens is 424 g/mol. The Morgan fingerprint density at radius 3 is 2.55 bits per heavy atom. The fourth-order valence-electron chi connectivity index (χ4n) is 3.87. The molecule has 0 aromatic heterocycles. The summed E-state index contributed by atoms with van der Waals surface area (Å²) in [4.78, 5) is 39.7. The molecule has 0 saturated carbocycles. The molecule has 1 saturated heterocycles. The maximum atomic E-state index is 12.7. The second-order valence-electron chi connectivity index (χ2n) is 8.17. The fraction of sp³-hybridized carbons (Fsp3) is 0.417. The Balaban J connectivity index is 1.46. The van der Waals surface area contributed by atoms with Crippen LogP contribution in [-0.2, 0) is 16.0 Å². The molecule has 0 aliphatic carbocycles. The molecule has 1 fully saturated rings. The summed E-state index contributed by atoms with van der Waals surface area (Å²) < 4.78 is 5.16. The van der Waals surface area contributed by atoms with Gasteiger partial charge < -0.3 is 15.0 Å². The first-order valence-electron chi connectivity index (χ1n) is 11.0. The first kappa shape index (κ1) is 24.2. The molecule has 1 aliphatic heterocycles. The Morgan fingerprint density at radius 2 is 1.85 bits per heavy atom. The summed E-state index contributed by atoms with van der Waals surface area (Å²) in [6.07, 6.45) is 1.91. The highest BCUT2D eigenvalue weighted by atomic mass is 16.6. The van der Waals surface area contributed by atoms with E-state index in [0.717, 1.165) is 17.7 Å². The van der Waals surface area contributed by atoms with Gasteiger partial charge in [0.15, 0.2) is 0 Å². The van der Waals surface area contributed by atoms with Crippen LogP contribution < -0.4 is 10.1 Å². The van der Waals surface area contributed by atoms with Crippen LogP contribution in [0.15, 0.2) is 42.5 Å². The van der Waals surface area contributed by atoms with Gasteiger partial charge in [-0.2, -0.15) is 0 Å². The van der Waals surface area contributed by atoms with Crippen LogP contribution >= 0.6 is 0 Å². The maximum Gasteiger partial charge on any atom is 0.274 e. The minimum Gasteiger partial charge on any atom is -0.497 e. The molecule has 1 aliphatic rings. The van der Waals surface area contributed by atoms with Crippen molar-refractivity contribution in [2.75, 3.05) is 45.2 Å². The summed E-state index contributed by atoms with van der Waals surface area (Å²) in [6, 6.07) is 12.4. The van der Waals surface area contributed by atoms with Gasteiger partial charge in [0.2, 0.25) is 11.8 Å². The van der Waals surface area contributed by atoms with Crippen molar-refractivity contribution in [2.24, 2.45) is 0 Å². The Kier molecular flexibility index (Phi) is 8.37. The van der Waals surface area contributed by atoms with Crippen LogP contribution in [0.5, 0.6) is 5.75 Å². The molecule has 2 aromatic rings. The number of nitrogens with zero attached hydrogens (tertiary/aromatic N) is 3. The van der Waals surface area contributed by atoms with Gasteiger partial charge >= 0.3 is 0 Å². The smallest absolute Gasteiger partial charge is 0.274 e. The highest BCUT2D eigenvalue weighted by Gasteiger charge is 2.21. The molecule has 0 spiro atoms. The van der Waals surface area contributed by atoms with Gasteiger partial charge in [-0.25, -0.2) is 0 Å². The third-order valence-electron chi connectivity index (χ3n) is 5.78. The zero-order chi connectivity index (χ0) is 23.8. The number of nitro benzene ring substituents is 1. The van der Waals surface area contributed by atoms with Crippen molar-refractivity contribution >= 4 is 23.2 Å². The molecule has 0 bridgehead atoms. The second-order valence-corrected chi connectivity index (χ2v) is 8.17. The molecule has 176 valence electrons. The number of ether oxygens (including phenoxy) is 1. The lowest BCUT2D eigenvalue weighted by Crippen LogP contribution is -2.38. The number of nitrogens with one attached hydrogen (secondary N) is 1. The lowest BCUT2D eigenvalue weighted by atomic mass is 10.1. The number of amides is 2. The van der Waals surface area contributed by atoms with E-state index in [1.54, 1.807) is 26.2 Å². The van der Waals surface area contributed by atoms with E-state index < -0.39 is 4.92 Å². The minimum atomic E-state index is -0.458. The Labute approximate surface area is 193 Å². The number of hydrogen-bond acceptors (Lipinski definition) is 6. The van der Waals surface area contributed by atoms with E-state index in [2.05, 4.69) is 5.32 Å². The summed E-state index contributed by atoms with van der Waals surface area (Å²) in [5.41, 5.74) is 2.02. The van der Waals surface area contributed by atoms with Crippen LogP contribution in [0.4, 0.5) is 11.4 Å². The molecule has 0 atom stereocenters. The highest BCUT2D eigenvalue weighted by molar-refractivity contribution is 5.92. The Hall–Kier alpha value is -3.46. The number of benzene rings is 2. The van der Waals surface area contributed by atoms with Crippen LogP contribution in [-0.4, -0.2) is 66.4 Å². The molecule has 2 amide bonds. The molecule has 9 nitrogen and oxygen atoms in total. The zero-order valence-electron chi connectivity index (χ0n) is 19.1. The SMILES string of the molecule is COc1ccc(CCC(=O)N2CCCN(CC(=O)Nc3ccc(C)c([N+](=O)[O-])c3)CC2)cc1. The monoisotopic (exact) mass is 454 g/mol. The number of anilines is 1. The summed E-state index contributed by atoms with van der Waals surface area (Å²) in [5.74, 6) is 0.679. The van der Waals surface area contributed by atoms with E-state index in [-0.39, 0.29) is 24.0 Å². The normalized spacial score (nSPS) is 14.4. The number of hydrogen-bond donors (Lipinski definition) is 1. The molecule has 3 rings (SSSR count). The van der Waals surface area contributed by atoms with Gasteiger partial charge in [-0.3, -0.25) is 24.6 Å². The average molecular weight is 455 g/mol. The first-order chi connectivity index (χ1) is 15.9. The summed E-state index contributed by atoms with van der Waals surface area (Å²) in [6.45, 7) is 4.40. The second kappa shape index (κ2) is 11.4. The standard InChI is InChI=1S/C24H30N4O5/c1-18-4-8-20(16-22(18)28(31)32)25-23(29)17-26-12-3-13-27(15-14-26)24(30)11-7-19-5-9-21(33-2)10-6-19/h4-6,8-10,16H,3,7,11-15,17H2,1-2H3,(H,25,29). The van der Waals surface area contributed by atoms with Gasteiger partial charge in [0.1, 0.15) is 5.75 Å². The predicted octanol–water partition coefficient (Wildman–Crippen LogP) is 3.02. The summed E-state index contributed by atoms with van der Waals surface area (Å²) >= 11 is 0. The van der Waals surface area contributed by atoms with Gasteiger partial charge in [0, 0.05) is 49.9 Å². The third kappa shape index (κ3) is 7.01. The van der Waals surface area contributed by atoms with Crippen molar-refractivity contribution in [1.29, 1.82) is 0 Å². The average Bonchev–Trinajstić information content (AvgIpc) is 3.04. The number of carbonyl (C=O) groups is 2. The lowest BCUT2D eigenvalue weighted by Gasteiger charge is -2.22. The fourth-order valence-corrected chi connectivity index (χ4v) is 3.87. The largest absolute Gasteiger partial charge is 0.497 e. The van der Waals surface area contributed by atoms with E-state index in [9.17, 15) is 19.7 Å². The van der Waals surface area contributed by atoms with Crippen molar-refractivity contribution < 1.29 is 19.2 Å². The van der Waals surface area contributed by atoms with E-state index in [0.29, 0.717) is 50.3 Å². The van der Waals surface area contributed by atoms with Crippen molar-refractivity contribution in [3.63, 3.8) is 0 Å². The van der Waals surface area contributed by atoms with Gasteiger partial charge in [-0.05, 0) is 43.5 Å². The highest BCUT2D eigenvalue weighted by Crippen LogP contribution is 2.22. The molecule has 0 unspecified atom stereocenters. The number of rotatable bonds is 8. The number of aryl methyl sites for hydroxylation is 2. The van der Waals surface area contributed by atoms with Crippen LogP contribution in [0.3, 0.4) is 0 Å². The van der Waals surface area contributed by atoms with Gasteiger partial charge in [-0.15, -0.1) is 0 Å². The molecule has 2 aromatic carbocycles. The Bertz CT molecular complexity index is 993. The van der Waals surface area contributed by atoms with E-state index in [1.807, 2.05) is 34.1 Å². The Morgan fingerprint density at radius 1 is 1.09 bits per heavy atom. The van der Waals surface area contributed by atoms with E-state index in [4.69, 9.17) is 4.74 Å². The zero-order valence-corrected chi connectivity index (χ0v) is 19.1. The summed E-state index contributed by atoms with van der Waals surface area (Å²) in [7, 11) is 1.62. The molecule has 1 heterocycles. The third-order valence-corrected chi connectivity index (χ3v) is 5.78. The lowest BCUT2D eigenvalue weighted by molar-refractivity contribution is -0.385. The summed E-state index contributed by atoms with van der Waals surface area (Å²) in [5, 5.41) is 13.8. The first-order valence-corrected chi connectivity index (χ1v) is 11.0. The molecule has 1 N–H and O–H groups in total. The topological polar surface area (TPSA) is 105 Å². The van der Waals surface area contributed by atoms with E-state index >= 15 is 0 Å². The van der Waals surface area contributed by atoms with E-state index in [1.165, 1.54) is 6.07 Å². The minimum absolute atomic E-state index is 0.0219. The van der Waals surface area contributed by atoms with Crippen LogP contribution in [0.1, 0.15) is 24.0 Å². The van der Waals surface area contributed by atoms with Crippen molar-refractivity contribution in [1.82, 2.24) is 9.80 Å². The van der Waals surface area contributed by atoms with Crippen molar-refractivity contribution in [3.8, 4) is 5.75 Å². The predicted molar refractivity (Wildman–Crippen MR) is 125 cm³/mol. The van der Waals surface area contributed by atoms with Gasteiger partial charge in [-0.1, -0.05) is 18.2 Å². The number of nitro groups is 1. The van der Waals surface area contributed by atoms with Crippen molar-refractivity contribution in [3.05, 3.63) is 63.7 Å². The van der Waals surface area contributed by atoms with Crippen LogP contribution in [0.25, 0.3) is 0 Å².